The first-order valence-electron chi connectivity index (χ1n) is 6.02. The lowest BCUT2D eigenvalue weighted by atomic mass is 10.1. The Morgan fingerprint density at radius 3 is 3.00 bits per heavy atom. The Kier molecular flexibility index (Phi) is 3.93. The second-order valence-corrected chi connectivity index (χ2v) is 4.51. The van der Waals surface area contributed by atoms with Gasteiger partial charge in [0.15, 0.2) is 0 Å². The lowest BCUT2D eigenvalue weighted by Crippen LogP contribution is -2.30. The lowest BCUT2D eigenvalue weighted by Gasteiger charge is -2.14. The normalized spacial score (nSPS) is 23.1. The van der Waals surface area contributed by atoms with Gasteiger partial charge in [0.25, 0.3) is 5.91 Å². The second-order valence-electron chi connectivity index (χ2n) is 4.51. The van der Waals surface area contributed by atoms with Gasteiger partial charge in [0.05, 0.1) is 6.10 Å². The third-order valence-electron chi connectivity index (χ3n) is 3.12. The fourth-order valence-electron chi connectivity index (χ4n) is 2.01. The van der Waals surface area contributed by atoms with Crippen molar-refractivity contribution in [1.29, 1.82) is 0 Å². The molecule has 3 N–H and O–H groups in total. The smallest absolute Gasteiger partial charge is 0.253 e. The predicted molar refractivity (Wildman–Crippen MR) is 66.7 cm³/mol. The predicted octanol–water partition coefficient (Wildman–Crippen LogP) is 1.58. The summed E-state index contributed by atoms with van der Waals surface area (Å²) in [6.45, 7) is 2.23. The third-order valence-corrected chi connectivity index (χ3v) is 3.12. The van der Waals surface area contributed by atoms with E-state index in [1.165, 1.54) is 12.1 Å². The molecule has 2 atom stereocenters. The van der Waals surface area contributed by atoms with Gasteiger partial charge in [0.2, 0.25) is 0 Å². The topological polar surface area (TPSA) is 64.4 Å². The van der Waals surface area contributed by atoms with Crippen molar-refractivity contribution in [2.45, 2.75) is 32.0 Å². The van der Waals surface area contributed by atoms with Crippen LogP contribution in [0, 0.1) is 12.7 Å². The van der Waals surface area contributed by atoms with Gasteiger partial charge in [0.1, 0.15) is 11.9 Å². The minimum atomic E-state index is -0.485. The van der Waals surface area contributed by atoms with E-state index in [4.69, 9.17) is 10.5 Å². The Balaban J connectivity index is 2.01. The minimum Gasteiger partial charge on any atom is -0.364 e. The van der Waals surface area contributed by atoms with E-state index in [9.17, 15) is 9.18 Å². The fourth-order valence-corrected chi connectivity index (χ4v) is 2.01. The fraction of sp³-hybridized carbons (Fsp3) is 0.462. The van der Waals surface area contributed by atoms with Crippen LogP contribution in [-0.4, -0.2) is 24.7 Å². The molecule has 1 saturated heterocycles. The molecule has 1 aliphatic rings. The summed E-state index contributed by atoms with van der Waals surface area (Å²) >= 11 is 0. The number of ether oxygens (including phenoxy) is 1. The van der Waals surface area contributed by atoms with E-state index < -0.39 is 6.10 Å². The minimum absolute atomic E-state index is 0.0469. The van der Waals surface area contributed by atoms with Crippen molar-refractivity contribution in [2.24, 2.45) is 5.73 Å². The summed E-state index contributed by atoms with van der Waals surface area (Å²) in [6.07, 6.45) is 0.911. The summed E-state index contributed by atoms with van der Waals surface area (Å²) < 4.78 is 18.6. The summed E-state index contributed by atoms with van der Waals surface area (Å²) in [4.78, 5) is 11.9. The molecule has 2 rings (SSSR count). The number of aryl methyl sites for hydroxylation is 1. The Labute approximate surface area is 105 Å². The zero-order valence-electron chi connectivity index (χ0n) is 10.3. The maximum atomic E-state index is 13.1. The van der Waals surface area contributed by atoms with Crippen LogP contribution < -0.4 is 11.1 Å². The van der Waals surface area contributed by atoms with E-state index in [1.807, 2.05) is 6.92 Å². The van der Waals surface area contributed by atoms with E-state index in [1.54, 1.807) is 6.07 Å². The molecule has 1 aromatic rings. The number of halogens is 1. The van der Waals surface area contributed by atoms with Crippen LogP contribution in [0.2, 0.25) is 0 Å². The van der Waals surface area contributed by atoms with Crippen molar-refractivity contribution in [2.75, 3.05) is 11.9 Å². The number of carbonyl (C=O) groups excluding carboxylic acids is 1. The van der Waals surface area contributed by atoms with Gasteiger partial charge in [-0.1, -0.05) is 6.07 Å². The largest absolute Gasteiger partial charge is 0.364 e. The number of rotatable bonds is 3. The Morgan fingerprint density at radius 1 is 1.56 bits per heavy atom. The van der Waals surface area contributed by atoms with Crippen molar-refractivity contribution < 1.29 is 13.9 Å². The van der Waals surface area contributed by atoms with Crippen molar-refractivity contribution in [3.8, 4) is 0 Å². The molecule has 0 radical (unpaired) electrons. The highest BCUT2D eigenvalue weighted by atomic mass is 19.1. The van der Waals surface area contributed by atoms with Gasteiger partial charge < -0.3 is 15.8 Å². The molecule has 1 aromatic carbocycles. The number of hydrogen-bond donors (Lipinski definition) is 2. The van der Waals surface area contributed by atoms with Crippen LogP contribution in [0.25, 0.3) is 0 Å². The van der Waals surface area contributed by atoms with Crippen molar-refractivity contribution in [3.05, 3.63) is 29.6 Å². The van der Waals surface area contributed by atoms with Crippen molar-refractivity contribution in [1.82, 2.24) is 0 Å². The van der Waals surface area contributed by atoms with Gasteiger partial charge in [-0.3, -0.25) is 4.79 Å². The quantitative estimate of drug-likeness (QED) is 0.858. The number of carbonyl (C=O) groups is 1. The molecule has 1 aliphatic heterocycles. The van der Waals surface area contributed by atoms with E-state index in [-0.39, 0.29) is 17.8 Å². The highest BCUT2D eigenvalue weighted by Gasteiger charge is 2.30. The molecule has 98 valence electrons. The summed E-state index contributed by atoms with van der Waals surface area (Å²) in [6, 6.07) is 4.30. The number of anilines is 1. The maximum absolute atomic E-state index is 13.1. The molecular weight excluding hydrogens is 235 g/mol. The molecule has 1 amide bonds. The van der Waals surface area contributed by atoms with E-state index in [2.05, 4.69) is 5.32 Å². The van der Waals surface area contributed by atoms with Crippen molar-refractivity contribution in [3.63, 3.8) is 0 Å². The van der Waals surface area contributed by atoms with E-state index >= 15 is 0 Å². The molecule has 18 heavy (non-hydrogen) atoms. The SMILES string of the molecule is Cc1ccc(F)cc1NC(=O)C1CCC(CN)O1. The van der Waals surface area contributed by atoms with Crippen LogP contribution >= 0.6 is 0 Å². The number of nitrogens with one attached hydrogen (secondary N) is 1. The van der Waals surface area contributed by atoms with Crippen LogP contribution in [-0.2, 0) is 9.53 Å². The Bertz CT molecular complexity index is 451. The van der Waals surface area contributed by atoms with Crippen molar-refractivity contribution >= 4 is 11.6 Å². The average molecular weight is 252 g/mol. The van der Waals surface area contributed by atoms with Crippen LogP contribution in [0.5, 0.6) is 0 Å². The first kappa shape index (κ1) is 13.0. The highest BCUT2D eigenvalue weighted by Crippen LogP contribution is 2.22. The highest BCUT2D eigenvalue weighted by molar-refractivity contribution is 5.94. The van der Waals surface area contributed by atoms with Gasteiger partial charge >= 0.3 is 0 Å². The zero-order chi connectivity index (χ0) is 13.1. The molecule has 0 bridgehead atoms. The van der Waals surface area contributed by atoms with Crippen LogP contribution in [0.3, 0.4) is 0 Å². The molecule has 0 saturated carbocycles. The lowest BCUT2D eigenvalue weighted by molar-refractivity contribution is -0.126. The standard InChI is InChI=1S/C13H17FN2O2/c1-8-2-3-9(14)6-11(8)16-13(17)12-5-4-10(7-15)18-12/h2-3,6,10,12H,4-5,7,15H2,1H3,(H,16,17). The van der Waals surface area contributed by atoms with E-state index in [0.29, 0.717) is 18.7 Å². The summed E-state index contributed by atoms with van der Waals surface area (Å²) in [5.74, 6) is -0.609. The molecule has 0 spiro atoms. The number of amides is 1. The van der Waals surface area contributed by atoms with Crippen LogP contribution in [0.15, 0.2) is 18.2 Å². The molecule has 4 nitrogen and oxygen atoms in total. The first-order chi connectivity index (χ1) is 8.60. The summed E-state index contributed by atoms with van der Waals surface area (Å²) in [7, 11) is 0. The number of hydrogen-bond acceptors (Lipinski definition) is 3. The summed E-state index contributed by atoms with van der Waals surface area (Å²) in [5.41, 5.74) is 6.79. The van der Waals surface area contributed by atoms with Crippen LogP contribution in [0.1, 0.15) is 18.4 Å². The Hall–Kier alpha value is -1.46. The molecule has 0 aliphatic carbocycles. The monoisotopic (exact) mass is 252 g/mol. The molecule has 1 heterocycles. The average Bonchev–Trinajstić information content (AvgIpc) is 2.82. The van der Waals surface area contributed by atoms with Gasteiger partial charge in [-0.2, -0.15) is 0 Å². The molecule has 1 fully saturated rings. The molecule has 0 aromatic heterocycles. The number of nitrogens with two attached hydrogens (primary N) is 1. The Morgan fingerprint density at radius 2 is 2.33 bits per heavy atom. The van der Waals surface area contributed by atoms with Gasteiger partial charge in [0, 0.05) is 12.2 Å². The summed E-state index contributed by atoms with van der Waals surface area (Å²) in [5, 5.41) is 2.69. The first-order valence-corrected chi connectivity index (χ1v) is 6.02. The molecule has 2 unspecified atom stereocenters. The van der Waals surface area contributed by atoms with Crippen LogP contribution in [0.4, 0.5) is 10.1 Å². The third kappa shape index (κ3) is 2.86. The number of benzene rings is 1. The van der Waals surface area contributed by atoms with Gasteiger partial charge in [-0.25, -0.2) is 4.39 Å². The zero-order valence-corrected chi connectivity index (χ0v) is 10.3. The van der Waals surface area contributed by atoms with Gasteiger partial charge in [-0.15, -0.1) is 0 Å². The van der Waals surface area contributed by atoms with Gasteiger partial charge in [-0.05, 0) is 37.5 Å². The second kappa shape index (κ2) is 5.46. The maximum Gasteiger partial charge on any atom is 0.253 e. The molecule has 5 heteroatoms. The van der Waals surface area contributed by atoms with E-state index in [0.717, 1.165) is 12.0 Å². The molecular formula is C13H17FN2O2.